The summed E-state index contributed by atoms with van der Waals surface area (Å²) in [6.45, 7) is 4.41. The zero-order valence-corrected chi connectivity index (χ0v) is 11.6. The van der Waals surface area contributed by atoms with Gasteiger partial charge in [-0.25, -0.2) is 0 Å². The van der Waals surface area contributed by atoms with Gasteiger partial charge in [-0.05, 0) is 26.2 Å². The summed E-state index contributed by atoms with van der Waals surface area (Å²) in [6.07, 6.45) is 2.72. The second-order valence-electron chi connectivity index (χ2n) is 4.79. The normalized spacial score (nSPS) is 16.5. The van der Waals surface area contributed by atoms with E-state index >= 15 is 0 Å². The fraction of sp³-hybridized carbons (Fsp3) is 0.750. The van der Waals surface area contributed by atoms with E-state index in [0.29, 0.717) is 24.9 Å². The molecule has 106 valence electrons. The Morgan fingerprint density at radius 3 is 2.53 bits per heavy atom. The molecule has 1 aliphatic heterocycles. The van der Waals surface area contributed by atoms with Crippen molar-refractivity contribution in [1.29, 1.82) is 0 Å². The monoisotopic (exact) mass is 266 g/mol. The van der Waals surface area contributed by atoms with Crippen LogP contribution in [-0.4, -0.2) is 52.8 Å². The first-order valence-electron chi connectivity index (χ1n) is 6.80. The average Bonchev–Trinajstić information content (AvgIpc) is 2.92. The minimum atomic E-state index is -0.323. The van der Waals surface area contributed by atoms with Gasteiger partial charge in [0.15, 0.2) is 0 Å². The lowest BCUT2D eigenvalue weighted by molar-refractivity contribution is 0.188. The van der Waals surface area contributed by atoms with Crippen molar-refractivity contribution in [2.45, 2.75) is 32.3 Å². The second-order valence-corrected chi connectivity index (χ2v) is 4.79. The van der Waals surface area contributed by atoms with E-state index in [4.69, 9.17) is 0 Å². The van der Waals surface area contributed by atoms with E-state index in [-0.39, 0.29) is 6.10 Å². The summed E-state index contributed by atoms with van der Waals surface area (Å²) in [4.78, 5) is 15.2. The predicted molar refractivity (Wildman–Crippen MR) is 75.6 cm³/mol. The highest BCUT2D eigenvalue weighted by atomic mass is 16.3. The summed E-state index contributed by atoms with van der Waals surface area (Å²) >= 11 is 0. The molecule has 7 heteroatoms. The minimum Gasteiger partial charge on any atom is -0.393 e. The highest BCUT2D eigenvalue weighted by molar-refractivity contribution is 5.44. The molecule has 0 radical (unpaired) electrons. The summed E-state index contributed by atoms with van der Waals surface area (Å²) in [7, 11) is 1.79. The molecule has 2 rings (SSSR count). The highest BCUT2D eigenvalue weighted by Gasteiger charge is 2.17. The van der Waals surface area contributed by atoms with Crippen molar-refractivity contribution in [3.05, 3.63) is 0 Å². The number of aromatic nitrogens is 3. The van der Waals surface area contributed by atoms with Crippen molar-refractivity contribution >= 4 is 17.8 Å². The van der Waals surface area contributed by atoms with Gasteiger partial charge in [0.25, 0.3) is 0 Å². The highest BCUT2D eigenvalue weighted by Crippen LogP contribution is 2.18. The van der Waals surface area contributed by atoms with Gasteiger partial charge < -0.3 is 20.6 Å². The molecule has 0 saturated carbocycles. The van der Waals surface area contributed by atoms with Gasteiger partial charge in [-0.2, -0.15) is 15.0 Å². The van der Waals surface area contributed by atoms with Gasteiger partial charge in [-0.1, -0.05) is 0 Å². The van der Waals surface area contributed by atoms with E-state index in [1.54, 1.807) is 14.0 Å². The molecule has 3 N–H and O–H groups in total. The molecule has 1 unspecified atom stereocenters. The molecule has 1 aromatic rings. The molecular weight excluding hydrogens is 244 g/mol. The van der Waals surface area contributed by atoms with Gasteiger partial charge in [-0.15, -0.1) is 0 Å². The predicted octanol–water partition coefficient (Wildman–Crippen LogP) is 0.696. The van der Waals surface area contributed by atoms with Gasteiger partial charge in [0.2, 0.25) is 17.8 Å². The van der Waals surface area contributed by atoms with Crippen LogP contribution in [0.25, 0.3) is 0 Å². The molecule has 0 amide bonds. The zero-order chi connectivity index (χ0) is 13.7. The summed E-state index contributed by atoms with van der Waals surface area (Å²) in [6, 6.07) is 0. The van der Waals surface area contributed by atoms with Crippen LogP contribution in [0, 0.1) is 0 Å². The van der Waals surface area contributed by atoms with Gasteiger partial charge in [0.05, 0.1) is 6.10 Å². The lowest BCUT2D eigenvalue weighted by Crippen LogP contribution is -2.22. The summed E-state index contributed by atoms with van der Waals surface area (Å²) in [5, 5.41) is 15.3. The number of anilines is 3. The van der Waals surface area contributed by atoms with E-state index in [9.17, 15) is 5.11 Å². The number of hydrogen-bond donors (Lipinski definition) is 3. The van der Waals surface area contributed by atoms with Crippen molar-refractivity contribution in [3.8, 4) is 0 Å². The fourth-order valence-electron chi connectivity index (χ4n) is 2.01. The van der Waals surface area contributed by atoms with Crippen LogP contribution in [0.1, 0.15) is 26.2 Å². The Kier molecular flexibility index (Phi) is 4.73. The van der Waals surface area contributed by atoms with Gasteiger partial charge >= 0.3 is 0 Å². The molecule has 2 heterocycles. The van der Waals surface area contributed by atoms with E-state index in [2.05, 4.69) is 30.5 Å². The first kappa shape index (κ1) is 13.8. The van der Waals surface area contributed by atoms with Crippen LogP contribution in [0.5, 0.6) is 0 Å². The molecule has 1 aromatic heterocycles. The van der Waals surface area contributed by atoms with E-state index < -0.39 is 0 Å². The smallest absolute Gasteiger partial charge is 0.231 e. The Balaban J connectivity index is 2.06. The van der Waals surface area contributed by atoms with Gasteiger partial charge in [0.1, 0.15) is 0 Å². The lowest BCUT2D eigenvalue weighted by Gasteiger charge is -2.16. The van der Waals surface area contributed by atoms with Crippen molar-refractivity contribution in [1.82, 2.24) is 15.0 Å². The third kappa shape index (κ3) is 3.92. The molecule has 1 fully saturated rings. The molecule has 1 aliphatic rings. The SMILES string of the molecule is CNc1nc(NCCC(C)O)nc(N2CCCC2)n1. The van der Waals surface area contributed by atoms with Crippen molar-refractivity contribution in [2.24, 2.45) is 0 Å². The Morgan fingerprint density at radius 2 is 1.89 bits per heavy atom. The number of hydrogen-bond acceptors (Lipinski definition) is 7. The fourth-order valence-corrected chi connectivity index (χ4v) is 2.01. The van der Waals surface area contributed by atoms with Gasteiger partial charge in [-0.3, -0.25) is 0 Å². The summed E-state index contributed by atoms with van der Waals surface area (Å²) < 4.78 is 0. The maximum atomic E-state index is 9.24. The largest absolute Gasteiger partial charge is 0.393 e. The first-order chi connectivity index (χ1) is 9.19. The topological polar surface area (TPSA) is 86.2 Å². The van der Waals surface area contributed by atoms with Crippen LogP contribution in [-0.2, 0) is 0 Å². The molecule has 7 nitrogen and oxygen atoms in total. The van der Waals surface area contributed by atoms with Crippen molar-refractivity contribution in [3.63, 3.8) is 0 Å². The third-order valence-electron chi connectivity index (χ3n) is 3.08. The lowest BCUT2D eigenvalue weighted by atomic mass is 10.3. The molecule has 0 bridgehead atoms. The maximum Gasteiger partial charge on any atom is 0.231 e. The molecule has 0 spiro atoms. The summed E-state index contributed by atoms with van der Waals surface area (Å²) in [5.41, 5.74) is 0. The average molecular weight is 266 g/mol. The van der Waals surface area contributed by atoms with E-state index in [1.165, 1.54) is 12.8 Å². The quantitative estimate of drug-likeness (QED) is 0.698. The number of rotatable bonds is 6. The first-order valence-corrected chi connectivity index (χ1v) is 6.80. The Labute approximate surface area is 113 Å². The number of aliphatic hydroxyl groups is 1. The minimum absolute atomic E-state index is 0.323. The standard InChI is InChI=1S/C12H22N6O/c1-9(19)5-6-14-11-15-10(13-2)16-12(17-11)18-7-3-4-8-18/h9,19H,3-8H2,1-2H3,(H2,13,14,15,16,17). The van der Waals surface area contributed by atoms with Crippen LogP contribution >= 0.6 is 0 Å². The van der Waals surface area contributed by atoms with E-state index in [1.807, 2.05) is 0 Å². The Hall–Kier alpha value is -1.63. The Morgan fingerprint density at radius 1 is 1.21 bits per heavy atom. The van der Waals surface area contributed by atoms with E-state index in [0.717, 1.165) is 19.0 Å². The van der Waals surface area contributed by atoms with Crippen LogP contribution in [0.2, 0.25) is 0 Å². The number of nitrogens with one attached hydrogen (secondary N) is 2. The molecule has 1 saturated heterocycles. The second kappa shape index (κ2) is 6.51. The van der Waals surface area contributed by atoms with Crippen LogP contribution in [0.4, 0.5) is 17.8 Å². The zero-order valence-electron chi connectivity index (χ0n) is 11.6. The maximum absolute atomic E-state index is 9.24. The number of nitrogens with zero attached hydrogens (tertiary/aromatic N) is 4. The number of aliphatic hydroxyl groups excluding tert-OH is 1. The van der Waals surface area contributed by atoms with Crippen molar-refractivity contribution < 1.29 is 5.11 Å². The van der Waals surface area contributed by atoms with Crippen LogP contribution in [0.3, 0.4) is 0 Å². The Bertz CT molecular complexity index is 405. The molecule has 0 aromatic carbocycles. The van der Waals surface area contributed by atoms with Crippen LogP contribution < -0.4 is 15.5 Å². The third-order valence-corrected chi connectivity index (χ3v) is 3.08. The van der Waals surface area contributed by atoms with Crippen molar-refractivity contribution in [2.75, 3.05) is 42.2 Å². The molecule has 19 heavy (non-hydrogen) atoms. The van der Waals surface area contributed by atoms with Crippen LogP contribution in [0.15, 0.2) is 0 Å². The van der Waals surface area contributed by atoms with Gasteiger partial charge in [0, 0.05) is 26.7 Å². The molecular formula is C12H22N6O. The summed E-state index contributed by atoms with van der Waals surface area (Å²) in [5.74, 6) is 1.84. The molecule has 1 atom stereocenters. The molecule has 0 aliphatic carbocycles.